The van der Waals surface area contributed by atoms with Crippen molar-refractivity contribution in [2.75, 3.05) is 6.54 Å². The smallest absolute Gasteiger partial charge is 0.387 e. The van der Waals surface area contributed by atoms with Crippen molar-refractivity contribution in [2.24, 2.45) is 0 Å². The van der Waals surface area contributed by atoms with Crippen molar-refractivity contribution in [3.8, 4) is 5.75 Å². The lowest BCUT2D eigenvalue weighted by atomic mass is 10.1. The molecule has 0 fully saturated rings. The number of rotatable bonds is 7. The molecule has 1 aromatic heterocycles. The zero-order chi connectivity index (χ0) is 19.2. The molecule has 0 spiro atoms. The molecule has 0 unspecified atom stereocenters. The predicted octanol–water partition coefficient (Wildman–Crippen LogP) is 1.75. The average Bonchev–Trinajstić information content (AvgIpc) is 2.65. The fourth-order valence-electron chi connectivity index (χ4n) is 2.50. The summed E-state index contributed by atoms with van der Waals surface area (Å²) < 4.78 is 29.5. The van der Waals surface area contributed by atoms with Crippen molar-refractivity contribution in [1.82, 2.24) is 20.3 Å². The molecular formula is C18H16F2N4O3. The van der Waals surface area contributed by atoms with Crippen molar-refractivity contribution >= 4 is 16.8 Å². The van der Waals surface area contributed by atoms with Gasteiger partial charge in [-0.1, -0.05) is 29.5 Å². The van der Waals surface area contributed by atoms with E-state index in [4.69, 9.17) is 0 Å². The van der Waals surface area contributed by atoms with E-state index >= 15 is 0 Å². The minimum atomic E-state index is -2.86. The molecule has 0 atom stereocenters. The average molecular weight is 374 g/mol. The van der Waals surface area contributed by atoms with Crippen LogP contribution in [0, 0.1) is 0 Å². The minimum absolute atomic E-state index is 0.0760. The SMILES string of the molecule is O=C(Cn1nnc2ccccc2c1=O)NCCc1ccc(OC(F)F)cc1. The number of aromatic nitrogens is 3. The topological polar surface area (TPSA) is 86.1 Å². The van der Waals surface area contributed by atoms with Crippen LogP contribution in [-0.4, -0.2) is 34.1 Å². The zero-order valence-corrected chi connectivity index (χ0v) is 14.1. The van der Waals surface area contributed by atoms with Gasteiger partial charge >= 0.3 is 6.61 Å². The Morgan fingerprint density at radius 3 is 2.63 bits per heavy atom. The highest BCUT2D eigenvalue weighted by molar-refractivity contribution is 5.78. The fraction of sp³-hybridized carbons (Fsp3) is 0.222. The molecule has 0 aliphatic heterocycles. The Morgan fingerprint density at radius 2 is 1.89 bits per heavy atom. The molecule has 0 bridgehead atoms. The number of ether oxygens (including phenoxy) is 1. The summed E-state index contributed by atoms with van der Waals surface area (Å²) in [6.07, 6.45) is 0.499. The first-order valence-corrected chi connectivity index (χ1v) is 8.16. The van der Waals surface area contributed by atoms with Crippen LogP contribution in [0.1, 0.15) is 5.56 Å². The number of carbonyl (C=O) groups excluding carboxylic acids is 1. The molecule has 1 N–H and O–H groups in total. The second kappa shape index (κ2) is 8.35. The summed E-state index contributed by atoms with van der Waals surface area (Å²) in [5.41, 5.74) is 0.934. The van der Waals surface area contributed by atoms with Gasteiger partial charge in [-0.2, -0.15) is 8.78 Å². The molecule has 2 aromatic carbocycles. The van der Waals surface area contributed by atoms with E-state index in [0.29, 0.717) is 23.9 Å². The van der Waals surface area contributed by atoms with Gasteiger partial charge in [-0.25, -0.2) is 4.68 Å². The predicted molar refractivity (Wildman–Crippen MR) is 93.6 cm³/mol. The molecule has 3 aromatic rings. The van der Waals surface area contributed by atoms with Crippen LogP contribution in [0.25, 0.3) is 10.9 Å². The van der Waals surface area contributed by atoms with Crippen LogP contribution in [0.4, 0.5) is 8.78 Å². The molecule has 1 heterocycles. The highest BCUT2D eigenvalue weighted by Gasteiger charge is 2.09. The first-order valence-electron chi connectivity index (χ1n) is 8.16. The van der Waals surface area contributed by atoms with Gasteiger partial charge in [0.2, 0.25) is 5.91 Å². The number of hydrogen-bond acceptors (Lipinski definition) is 5. The van der Waals surface area contributed by atoms with Crippen molar-refractivity contribution in [2.45, 2.75) is 19.6 Å². The van der Waals surface area contributed by atoms with Crippen LogP contribution in [0.2, 0.25) is 0 Å². The zero-order valence-electron chi connectivity index (χ0n) is 14.1. The molecular weight excluding hydrogens is 358 g/mol. The number of carbonyl (C=O) groups is 1. The van der Waals surface area contributed by atoms with Gasteiger partial charge in [0.15, 0.2) is 0 Å². The molecule has 0 aliphatic rings. The maximum absolute atomic E-state index is 12.3. The summed E-state index contributed by atoms with van der Waals surface area (Å²) >= 11 is 0. The highest BCUT2D eigenvalue weighted by atomic mass is 19.3. The van der Waals surface area contributed by atoms with Crippen molar-refractivity contribution in [3.05, 3.63) is 64.4 Å². The van der Waals surface area contributed by atoms with Gasteiger partial charge in [-0.05, 0) is 36.2 Å². The number of halogens is 2. The van der Waals surface area contributed by atoms with Crippen LogP contribution in [-0.2, 0) is 17.8 Å². The van der Waals surface area contributed by atoms with E-state index in [0.717, 1.165) is 10.2 Å². The van der Waals surface area contributed by atoms with Gasteiger partial charge in [-0.15, -0.1) is 5.10 Å². The van der Waals surface area contributed by atoms with E-state index in [9.17, 15) is 18.4 Å². The lowest BCUT2D eigenvalue weighted by molar-refractivity contribution is -0.121. The number of hydrogen-bond donors (Lipinski definition) is 1. The summed E-state index contributed by atoms with van der Waals surface area (Å²) in [4.78, 5) is 24.3. The second-order valence-electron chi connectivity index (χ2n) is 5.69. The number of alkyl halides is 2. The lowest BCUT2D eigenvalue weighted by Crippen LogP contribution is -2.35. The molecule has 0 saturated heterocycles. The number of nitrogens with one attached hydrogen (secondary N) is 1. The maximum Gasteiger partial charge on any atom is 0.387 e. The summed E-state index contributed by atoms with van der Waals surface area (Å²) in [6.45, 7) is -2.78. The van der Waals surface area contributed by atoms with Gasteiger partial charge in [0.05, 0.1) is 5.39 Å². The molecule has 7 nitrogen and oxygen atoms in total. The van der Waals surface area contributed by atoms with Crippen molar-refractivity contribution in [3.63, 3.8) is 0 Å². The molecule has 0 aliphatic carbocycles. The third kappa shape index (κ3) is 4.84. The monoisotopic (exact) mass is 374 g/mol. The van der Waals surface area contributed by atoms with Gasteiger partial charge in [0.1, 0.15) is 17.8 Å². The van der Waals surface area contributed by atoms with E-state index in [2.05, 4.69) is 20.4 Å². The van der Waals surface area contributed by atoms with Crippen LogP contribution >= 0.6 is 0 Å². The Balaban J connectivity index is 1.53. The van der Waals surface area contributed by atoms with Crippen LogP contribution < -0.4 is 15.6 Å². The largest absolute Gasteiger partial charge is 0.435 e. The Hall–Kier alpha value is -3.36. The molecule has 27 heavy (non-hydrogen) atoms. The number of amides is 1. The first kappa shape index (κ1) is 18.4. The molecule has 0 saturated carbocycles. The summed E-state index contributed by atoms with van der Waals surface area (Å²) in [6, 6.07) is 12.9. The fourth-order valence-corrected chi connectivity index (χ4v) is 2.50. The molecule has 0 radical (unpaired) electrons. The molecule has 9 heteroatoms. The molecule has 140 valence electrons. The Morgan fingerprint density at radius 1 is 1.15 bits per heavy atom. The number of nitrogens with zero attached hydrogens (tertiary/aromatic N) is 3. The van der Waals surface area contributed by atoms with Crippen LogP contribution in [0.5, 0.6) is 5.75 Å². The van der Waals surface area contributed by atoms with Crippen LogP contribution in [0.3, 0.4) is 0 Å². The normalized spacial score (nSPS) is 10.9. The first-order chi connectivity index (χ1) is 13.0. The second-order valence-corrected chi connectivity index (χ2v) is 5.69. The van der Waals surface area contributed by atoms with E-state index in [-0.39, 0.29) is 23.8 Å². The van der Waals surface area contributed by atoms with Crippen LogP contribution in [0.15, 0.2) is 53.3 Å². The number of fused-ring (bicyclic) bond motifs is 1. The Bertz CT molecular complexity index is 990. The maximum atomic E-state index is 12.3. The molecule has 3 rings (SSSR count). The van der Waals surface area contributed by atoms with Crippen molar-refractivity contribution < 1.29 is 18.3 Å². The summed E-state index contributed by atoms with van der Waals surface area (Å²) in [7, 11) is 0. The lowest BCUT2D eigenvalue weighted by Gasteiger charge is -2.08. The van der Waals surface area contributed by atoms with Gasteiger partial charge in [0, 0.05) is 6.54 Å². The van der Waals surface area contributed by atoms with Crippen molar-refractivity contribution in [1.29, 1.82) is 0 Å². The van der Waals surface area contributed by atoms with E-state index in [1.807, 2.05) is 0 Å². The van der Waals surface area contributed by atoms with Gasteiger partial charge < -0.3 is 10.1 Å². The Kier molecular flexibility index (Phi) is 5.70. The standard InChI is InChI=1S/C18H16F2N4O3/c19-18(20)27-13-7-5-12(6-8-13)9-10-21-16(25)11-24-17(26)14-3-1-2-4-15(14)22-23-24/h1-8,18H,9-11H2,(H,21,25). The third-order valence-corrected chi connectivity index (χ3v) is 3.81. The highest BCUT2D eigenvalue weighted by Crippen LogP contribution is 2.14. The van der Waals surface area contributed by atoms with E-state index in [1.165, 1.54) is 12.1 Å². The van der Waals surface area contributed by atoms with E-state index < -0.39 is 6.61 Å². The number of benzene rings is 2. The van der Waals surface area contributed by atoms with Gasteiger partial charge in [0.25, 0.3) is 5.56 Å². The van der Waals surface area contributed by atoms with E-state index in [1.54, 1.807) is 36.4 Å². The third-order valence-electron chi connectivity index (χ3n) is 3.81. The molecule has 1 amide bonds. The van der Waals surface area contributed by atoms with Gasteiger partial charge in [-0.3, -0.25) is 9.59 Å². The Labute approximate surface area is 152 Å². The summed E-state index contributed by atoms with van der Waals surface area (Å²) in [5.74, 6) is -0.300. The quantitative estimate of drug-likeness (QED) is 0.681. The minimum Gasteiger partial charge on any atom is -0.435 e. The summed E-state index contributed by atoms with van der Waals surface area (Å²) in [5, 5.41) is 10.8.